The lowest BCUT2D eigenvalue weighted by Gasteiger charge is -2.24. The highest BCUT2D eigenvalue weighted by molar-refractivity contribution is 5.61. The van der Waals surface area contributed by atoms with Gasteiger partial charge in [0, 0.05) is 0 Å². The summed E-state index contributed by atoms with van der Waals surface area (Å²) in [5, 5.41) is 10.7. The Balaban J connectivity index is 1.82. The van der Waals surface area contributed by atoms with E-state index in [0.717, 1.165) is 47.3 Å². The van der Waals surface area contributed by atoms with Gasteiger partial charge in [-0.3, -0.25) is 0 Å². The van der Waals surface area contributed by atoms with Gasteiger partial charge in [0.15, 0.2) is 0 Å². The molecule has 1 N–H and O–H groups in total. The molecule has 0 aromatic heterocycles. The normalized spacial score (nSPS) is 21.2. The zero-order valence-corrected chi connectivity index (χ0v) is 14.3. The smallest absolute Gasteiger partial charge is 0.118 e. The second kappa shape index (κ2) is 7.50. The summed E-state index contributed by atoms with van der Waals surface area (Å²) in [6, 6.07) is 16.4. The maximum Gasteiger partial charge on any atom is 0.118 e. The molecule has 2 heteroatoms. The standard InChI is InChI=1S/C22H24O2/c1-16-6-8-17(9-7-16)14-19-4-3-5-20(22(19)23)15-18-10-12-21(24-2)13-11-18/h6-15,22-23H,3-5H2,1-2H3/b19-14+,20-15+. The molecule has 0 spiro atoms. The SMILES string of the molecule is COc1ccc(/C=C2\CCC/C(=C\c3ccc(C)cc3)C2O)cc1. The van der Waals surface area contributed by atoms with Gasteiger partial charge in [-0.1, -0.05) is 54.1 Å². The molecule has 1 fully saturated rings. The van der Waals surface area contributed by atoms with E-state index in [4.69, 9.17) is 4.74 Å². The Morgan fingerprint density at radius 2 is 1.38 bits per heavy atom. The second-order valence-electron chi connectivity index (χ2n) is 6.38. The van der Waals surface area contributed by atoms with Gasteiger partial charge in [0.2, 0.25) is 0 Å². The van der Waals surface area contributed by atoms with E-state index in [1.165, 1.54) is 5.56 Å². The van der Waals surface area contributed by atoms with Gasteiger partial charge in [0.1, 0.15) is 5.75 Å². The number of benzene rings is 2. The zero-order valence-electron chi connectivity index (χ0n) is 14.3. The molecular weight excluding hydrogens is 296 g/mol. The molecule has 0 radical (unpaired) electrons. The van der Waals surface area contributed by atoms with Crippen LogP contribution in [0.25, 0.3) is 12.2 Å². The first kappa shape index (κ1) is 16.5. The van der Waals surface area contributed by atoms with Crippen LogP contribution in [0, 0.1) is 6.92 Å². The fourth-order valence-corrected chi connectivity index (χ4v) is 3.10. The summed E-state index contributed by atoms with van der Waals surface area (Å²) in [5.74, 6) is 0.848. The van der Waals surface area contributed by atoms with Gasteiger partial charge in [-0.05, 0) is 60.6 Å². The fourth-order valence-electron chi connectivity index (χ4n) is 3.10. The Labute approximate surface area is 144 Å². The maximum atomic E-state index is 10.7. The van der Waals surface area contributed by atoms with Crippen LogP contribution in [0.5, 0.6) is 5.75 Å². The Hall–Kier alpha value is -2.32. The summed E-state index contributed by atoms with van der Waals surface area (Å²) in [6.07, 6.45) is 6.73. The predicted molar refractivity (Wildman–Crippen MR) is 100.0 cm³/mol. The Kier molecular flexibility index (Phi) is 5.17. The number of hydrogen-bond acceptors (Lipinski definition) is 2. The van der Waals surface area contributed by atoms with Crippen molar-refractivity contribution in [2.45, 2.75) is 32.3 Å². The molecule has 1 atom stereocenters. The molecule has 0 heterocycles. The summed E-state index contributed by atoms with van der Waals surface area (Å²) in [6.45, 7) is 2.09. The minimum Gasteiger partial charge on any atom is -0.497 e. The molecule has 3 rings (SSSR count). The Morgan fingerprint density at radius 1 is 0.875 bits per heavy atom. The van der Waals surface area contributed by atoms with Crippen LogP contribution >= 0.6 is 0 Å². The fraction of sp³-hybridized carbons (Fsp3) is 0.273. The summed E-state index contributed by atoms with van der Waals surface area (Å²) < 4.78 is 5.19. The van der Waals surface area contributed by atoms with Crippen molar-refractivity contribution in [3.05, 3.63) is 76.4 Å². The van der Waals surface area contributed by atoms with Crippen LogP contribution in [0.3, 0.4) is 0 Å². The predicted octanol–water partition coefficient (Wildman–Crippen LogP) is 5.02. The largest absolute Gasteiger partial charge is 0.497 e. The van der Waals surface area contributed by atoms with E-state index in [2.05, 4.69) is 43.3 Å². The van der Waals surface area contributed by atoms with Gasteiger partial charge >= 0.3 is 0 Å². The lowest BCUT2D eigenvalue weighted by molar-refractivity contribution is 0.229. The van der Waals surface area contributed by atoms with E-state index in [9.17, 15) is 5.11 Å². The summed E-state index contributed by atoms with van der Waals surface area (Å²) in [5.41, 5.74) is 5.69. The topological polar surface area (TPSA) is 29.5 Å². The van der Waals surface area contributed by atoms with Gasteiger partial charge in [0.25, 0.3) is 0 Å². The molecule has 2 nitrogen and oxygen atoms in total. The monoisotopic (exact) mass is 320 g/mol. The van der Waals surface area contributed by atoms with Crippen molar-refractivity contribution in [1.29, 1.82) is 0 Å². The molecule has 0 bridgehead atoms. The maximum absolute atomic E-state index is 10.7. The molecular formula is C22H24O2. The van der Waals surface area contributed by atoms with Crippen molar-refractivity contribution in [3.8, 4) is 5.75 Å². The van der Waals surface area contributed by atoms with Crippen LogP contribution in [-0.2, 0) is 0 Å². The van der Waals surface area contributed by atoms with E-state index < -0.39 is 6.10 Å². The van der Waals surface area contributed by atoms with Crippen molar-refractivity contribution in [3.63, 3.8) is 0 Å². The quantitative estimate of drug-likeness (QED) is 0.861. The first-order chi connectivity index (χ1) is 11.7. The van der Waals surface area contributed by atoms with E-state index >= 15 is 0 Å². The molecule has 24 heavy (non-hydrogen) atoms. The lowest BCUT2D eigenvalue weighted by atomic mass is 9.85. The Morgan fingerprint density at radius 3 is 1.88 bits per heavy atom. The average Bonchev–Trinajstić information content (AvgIpc) is 2.61. The van der Waals surface area contributed by atoms with E-state index in [1.807, 2.05) is 24.3 Å². The highest BCUT2D eigenvalue weighted by Gasteiger charge is 2.21. The van der Waals surface area contributed by atoms with Gasteiger partial charge in [-0.2, -0.15) is 0 Å². The number of rotatable bonds is 3. The van der Waals surface area contributed by atoms with Gasteiger partial charge in [-0.25, -0.2) is 0 Å². The highest BCUT2D eigenvalue weighted by atomic mass is 16.5. The van der Waals surface area contributed by atoms with Crippen molar-refractivity contribution in [1.82, 2.24) is 0 Å². The van der Waals surface area contributed by atoms with Crippen LogP contribution in [-0.4, -0.2) is 18.3 Å². The van der Waals surface area contributed by atoms with E-state index in [1.54, 1.807) is 7.11 Å². The Bertz CT molecular complexity index is 737. The molecule has 0 aliphatic heterocycles. The zero-order chi connectivity index (χ0) is 16.9. The molecule has 0 amide bonds. The first-order valence-electron chi connectivity index (χ1n) is 8.45. The van der Waals surface area contributed by atoms with Gasteiger partial charge in [-0.15, -0.1) is 0 Å². The van der Waals surface area contributed by atoms with Crippen molar-refractivity contribution in [2.24, 2.45) is 0 Å². The van der Waals surface area contributed by atoms with Crippen LogP contribution in [0.1, 0.15) is 36.0 Å². The molecule has 1 saturated carbocycles. The third-order valence-corrected chi connectivity index (χ3v) is 4.53. The van der Waals surface area contributed by atoms with Gasteiger partial charge < -0.3 is 9.84 Å². The highest BCUT2D eigenvalue weighted by Crippen LogP contribution is 2.31. The van der Waals surface area contributed by atoms with Crippen LogP contribution in [0.2, 0.25) is 0 Å². The molecule has 1 aliphatic rings. The van der Waals surface area contributed by atoms with E-state index in [-0.39, 0.29) is 0 Å². The summed E-state index contributed by atoms with van der Waals surface area (Å²) >= 11 is 0. The molecule has 0 saturated heterocycles. The third kappa shape index (κ3) is 3.95. The summed E-state index contributed by atoms with van der Waals surface area (Å²) in [4.78, 5) is 0. The molecule has 124 valence electrons. The minimum absolute atomic E-state index is 0.484. The van der Waals surface area contributed by atoms with Crippen molar-refractivity contribution >= 4 is 12.2 Å². The van der Waals surface area contributed by atoms with Crippen LogP contribution in [0.4, 0.5) is 0 Å². The van der Waals surface area contributed by atoms with Crippen molar-refractivity contribution in [2.75, 3.05) is 7.11 Å². The summed E-state index contributed by atoms with van der Waals surface area (Å²) in [7, 11) is 1.67. The number of ether oxygens (including phenoxy) is 1. The number of aliphatic hydroxyl groups is 1. The molecule has 2 aromatic rings. The number of methoxy groups -OCH3 is 1. The lowest BCUT2D eigenvalue weighted by Crippen LogP contribution is -2.18. The van der Waals surface area contributed by atoms with Crippen LogP contribution in [0.15, 0.2) is 59.7 Å². The minimum atomic E-state index is -0.484. The molecule has 1 unspecified atom stereocenters. The van der Waals surface area contributed by atoms with Gasteiger partial charge in [0.05, 0.1) is 13.2 Å². The average molecular weight is 320 g/mol. The second-order valence-corrected chi connectivity index (χ2v) is 6.38. The molecule has 1 aliphatic carbocycles. The number of hydrogen-bond donors (Lipinski definition) is 1. The number of aryl methyl sites for hydroxylation is 1. The van der Waals surface area contributed by atoms with Crippen molar-refractivity contribution < 1.29 is 9.84 Å². The van der Waals surface area contributed by atoms with E-state index in [0.29, 0.717) is 0 Å². The molecule has 2 aromatic carbocycles. The van der Waals surface area contributed by atoms with Crippen LogP contribution < -0.4 is 4.74 Å². The third-order valence-electron chi connectivity index (χ3n) is 4.53. The first-order valence-corrected chi connectivity index (χ1v) is 8.45. The number of aliphatic hydroxyl groups excluding tert-OH is 1.